The number of sulfonamides is 1. The smallest absolute Gasteiger partial charge is 0.335 e. The summed E-state index contributed by atoms with van der Waals surface area (Å²) in [6.07, 6.45) is 1.42. The van der Waals surface area contributed by atoms with Crippen molar-refractivity contribution in [2.45, 2.75) is 37.6 Å². The molecule has 0 aliphatic heterocycles. The molecule has 0 fully saturated rings. The molecule has 6 heteroatoms. The molecule has 0 spiro atoms. The maximum atomic E-state index is 12.0. The monoisotopic (exact) mass is 271 g/mol. The molecule has 0 atom stereocenters. The van der Waals surface area contributed by atoms with E-state index in [-0.39, 0.29) is 16.5 Å². The molecule has 1 rings (SSSR count). The molecule has 0 bridgehead atoms. The van der Waals surface area contributed by atoms with E-state index in [9.17, 15) is 13.2 Å². The van der Waals surface area contributed by atoms with Gasteiger partial charge in [-0.1, -0.05) is 13.8 Å². The van der Waals surface area contributed by atoms with Gasteiger partial charge in [-0.3, -0.25) is 0 Å². The van der Waals surface area contributed by atoms with Crippen molar-refractivity contribution >= 4 is 16.0 Å². The number of aromatic carboxylic acids is 1. The molecular formula is C12H17NO4S. The van der Waals surface area contributed by atoms with Gasteiger partial charge in [0.05, 0.1) is 10.5 Å². The van der Waals surface area contributed by atoms with Crippen LogP contribution >= 0.6 is 0 Å². The molecule has 0 amide bonds. The zero-order chi connectivity index (χ0) is 13.8. The van der Waals surface area contributed by atoms with Gasteiger partial charge >= 0.3 is 5.97 Å². The van der Waals surface area contributed by atoms with Crippen molar-refractivity contribution in [1.82, 2.24) is 4.72 Å². The van der Waals surface area contributed by atoms with E-state index in [1.165, 1.54) is 24.3 Å². The van der Waals surface area contributed by atoms with Gasteiger partial charge in [0, 0.05) is 6.04 Å². The Kier molecular flexibility index (Phi) is 4.86. The molecule has 0 aliphatic rings. The Morgan fingerprint density at radius 2 is 1.72 bits per heavy atom. The lowest BCUT2D eigenvalue weighted by molar-refractivity contribution is 0.0696. The normalized spacial score (nSPS) is 11.7. The van der Waals surface area contributed by atoms with E-state index in [1.54, 1.807) is 0 Å². The Morgan fingerprint density at radius 3 is 2.11 bits per heavy atom. The van der Waals surface area contributed by atoms with Crippen LogP contribution in [0.3, 0.4) is 0 Å². The Bertz CT molecular complexity index is 503. The van der Waals surface area contributed by atoms with E-state index < -0.39 is 16.0 Å². The van der Waals surface area contributed by atoms with Crippen LogP contribution in [0.2, 0.25) is 0 Å². The van der Waals surface area contributed by atoms with Gasteiger partial charge in [-0.2, -0.15) is 0 Å². The number of carboxylic acids is 1. The van der Waals surface area contributed by atoms with Gasteiger partial charge in [0.15, 0.2) is 0 Å². The van der Waals surface area contributed by atoms with Crippen LogP contribution in [-0.2, 0) is 10.0 Å². The third-order valence-electron chi connectivity index (χ3n) is 2.72. The molecule has 18 heavy (non-hydrogen) atoms. The van der Waals surface area contributed by atoms with Crippen molar-refractivity contribution in [3.8, 4) is 0 Å². The lowest BCUT2D eigenvalue weighted by Crippen LogP contribution is -2.33. The minimum atomic E-state index is -3.57. The first-order chi connectivity index (χ1) is 8.40. The van der Waals surface area contributed by atoms with Crippen molar-refractivity contribution in [1.29, 1.82) is 0 Å². The first-order valence-electron chi connectivity index (χ1n) is 5.76. The first-order valence-corrected chi connectivity index (χ1v) is 7.24. The van der Waals surface area contributed by atoms with E-state index in [4.69, 9.17) is 5.11 Å². The van der Waals surface area contributed by atoms with Crippen LogP contribution in [-0.4, -0.2) is 25.5 Å². The van der Waals surface area contributed by atoms with Crippen LogP contribution < -0.4 is 4.72 Å². The Balaban J connectivity index is 2.95. The van der Waals surface area contributed by atoms with Gasteiger partial charge in [0.25, 0.3) is 0 Å². The van der Waals surface area contributed by atoms with E-state index in [0.717, 1.165) is 0 Å². The van der Waals surface area contributed by atoms with Crippen molar-refractivity contribution < 1.29 is 18.3 Å². The lowest BCUT2D eigenvalue weighted by Gasteiger charge is -2.14. The molecule has 0 aliphatic carbocycles. The summed E-state index contributed by atoms with van der Waals surface area (Å²) in [5.74, 6) is -1.08. The quantitative estimate of drug-likeness (QED) is 0.827. The van der Waals surface area contributed by atoms with E-state index >= 15 is 0 Å². The number of hydrogen-bond donors (Lipinski definition) is 2. The van der Waals surface area contributed by atoms with Gasteiger partial charge in [0.2, 0.25) is 10.0 Å². The third kappa shape index (κ3) is 3.54. The maximum Gasteiger partial charge on any atom is 0.335 e. The SMILES string of the molecule is CCC(CC)NS(=O)(=O)c1ccc(C(=O)O)cc1. The molecular weight excluding hydrogens is 254 g/mol. The Labute approximate surface area is 107 Å². The summed E-state index contributed by atoms with van der Waals surface area (Å²) in [6, 6.07) is 5.06. The lowest BCUT2D eigenvalue weighted by atomic mass is 10.2. The molecule has 0 heterocycles. The summed E-state index contributed by atoms with van der Waals surface area (Å²) in [7, 11) is -3.57. The topological polar surface area (TPSA) is 83.5 Å². The third-order valence-corrected chi connectivity index (χ3v) is 4.26. The minimum Gasteiger partial charge on any atom is -0.478 e. The highest BCUT2D eigenvalue weighted by Gasteiger charge is 2.18. The zero-order valence-electron chi connectivity index (χ0n) is 10.4. The molecule has 0 aromatic heterocycles. The van der Waals surface area contributed by atoms with Crippen LogP contribution in [0.15, 0.2) is 29.2 Å². The summed E-state index contributed by atoms with van der Waals surface area (Å²) in [5, 5.41) is 8.73. The molecule has 1 aromatic rings. The Hall–Kier alpha value is -1.40. The summed E-state index contributed by atoms with van der Waals surface area (Å²) >= 11 is 0. The van der Waals surface area contributed by atoms with Gasteiger partial charge in [-0.15, -0.1) is 0 Å². The molecule has 100 valence electrons. The number of nitrogens with one attached hydrogen (secondary N) is 1. The average Bonchev–Trinajstić information content (AvgIpc) is 2.36. The van der Waals surface area contributed by atoms with Crippen LogP contribution in [0.1, 0.15) is 37.0 Å². The molecule has 2 N–H and O–H groups in total. The second-order valence-corrected chi connectivity index (χ2v) is 5.68. The molecule has 0 saturated carbocycles. The molecule has 0 unspecified atom stereocenters. The second kappa shape index (κ2) is 5.97. The maximum absolute atomic E-state index is 12.0. The van der Waals surface area contributed by atoms with Crippen molar-refractivity contribution in [2.24, 2.45) is 0 Å². The van der Waals surface area contributed by atoms with Gasteiger partial charge in [0.1, 0.15) is 0 Å². The fraction of sp³-hybridized carbons (Fsp3) is 0.417. The summed E-state index contributed by atoms with van der Waals surface area (Å²) < 4.78 is 26.5. The largest absolute Gasteiger partial charge is 0.478 e. The predicted octanol–water partition coefficient (Wildman–Crippen LogP) is 1.85. The number of benzene rings is 1. The van der Waals surface area contributed by atoms with Crippen LogP contribution in [0, 0.1) is 0 Å². The molecule has 1 aromatic carbocycles. The highest BCUT2D eigenvalue weighted by Crippen LogP contribution is 2.12. The van der Waals surface area contributed by atoms with E-state index in [0.29, 0.717) is 12.8 Å². The van der Waals surface area contributed by atoms with Crippen molar-refractivity contribution in [3.63, 3.8) is 0 Å². The number of carboxylic acid groups (broad SMARTS) is 1. The first kappa shape index (κ1) is 14.7. The van der Waals surface area contributed by atoms with Crippen molar-refractivity contribution in [3.05, 3.63) is 29.8 Å². The zero-order valence-corrected chi connectivity index (χ0v) is 11.2. The second-order valence-electron chi connectivity index (χ2n) is 3.96. The van der Waals surface area contributed by atoms with Gasteiger partial charge < -0.3 is 5.11 Å². The minimum absolute atomic E-state index is 0.0662. The van der Waals surface area contributed by atoms with Gasteiger partial charge in [-0.05, 0) is 37.1 Å². The summed E-state index contributed by atoms with van der Waals surface area (Å²) in [6.45, 7) is 3.81. The van der Waals surface area contributed by atoms with Gasteiger partial charge in [-0.25, -0.2) is 17.9 Å². The van der Waals surface area contributed by atoms with E-state index in [1.807, 2.05) is 13.8 Å². The molecule has 5 nitrogen and oxygen atoms in total. The highest BCUT2D eigenvalue weighted by molar-refractivity contribution is 7.89. The summed E-state index contributed by atoms with van der Waals surface area (Å²) in [4.78, 5) is 10.8. The fourth-order valence-electron chi connectivity index (χ4n) is 1.52. The average molecular weight is 271 g/mol. The fourth-order valence-corrected chi connectivity index (χ4v) is 2.92. The van der Waals surface area contributed by atoms with Crippen LogP contribution in [0.25, 0.3) is 0 Å². The van der Waals surface area contributed by atoms with Crippen LogP contribution in [0.5, 0.6) is 0 Å². The number of hydrogen-bond acceptors (Lipinski definition) is 3. The molecule has 0 radical (unpaired) electrons. The van der Waals surface area contributed by atoms with E-state index in [2.05, 4.69) is 4.72 Å². The van der Waals surface area contributed by atoms with Crippen molar-refractivity contribution in [2.75, 3.05) is 0 Å². The van der Waals surface area contributed by atoms with Crippen LogP contribution in [0.4, 0.5) is 0 Å². The highest BCUT2D eigenvalue weighted by atomic mass is 32.2. The number of carbonyl (C=O) groups is 1. The molecule has 0 saturated heterocycles. The number of rotatable bonds is 6. The predicted molar refractivity (Wildman–Crippen MR) is 68.1 cm³/mol. The standard InChI is InChI=1S/C12H17NO4S/c1-3-10(4-2)13-18(16,17)11-7-5-9(6-8-11)12(14)15/h5-8,10,13H,3-4H2,1-2H3,(H,14,15). The summed E-state index contributed by atoms with van der Waals surface area (Å²) in [5.41, 5.74) is 0.0662. The Morgan fingerprint density at radius 1 is 1.22 bits per heavy atom.